The van der Waals surface area contributed by atoms with Gasteiger partial charge in [-0.05, 0) is 57.4 Å². The van der Waals surface area contributed by atoms with E-state index < -0.39 is 22.4 Å². The summed E-state index contributed by atoms with van der Waals surface area (Å²) in [5, 5.41) is 13.3. The Morgan fingerprint density at radius 2 is 1.30 bits per heavy atom. The minimum absolute atomic E-state index is 0.0694. The second-order valence-corrected chi connectivity index (χ2v) is 7.69. The van der Waals surface area contributed by atoms with Crippen molar-refractivity contribution in [1.29, 1.82) is 0 Å². The molecule has 5 nitrogen and oxygen atoms in total. The maximum atomic E-state index is 13.3. The maximum absolute atomic E-state index is 13.3. The minimum Gasteiger partial charge on any atom is -0.368 e. The lowest BCUT2D eigenvalue weighted by molar-refractivity contribution is -0.306. The first-order valence-electron chi connectivity index (χ1n) is 9.17. The van der Waals surface area contributed by atoms with Gasteiger partial charge in [0.15, 0.2) is 11.4 Å². The lowest BCUT2D eigenvalue weighted by Gasteiger charge is -2.61. The quantitative estimate of drug-likeness (QED) is 0.688. The van der Waals surface area contributed by atoms with Gasteiger partial charge in [-0.3, -0.25) is 5.11 Å². The summed E-state index contributed by atoms with van der Waals surface area (Å²) in [4.78, 5) is 0. The average Bonchev–Trinajstić information content (AvgIpc) is 3.30. The molecule has 5 rings (SSSR count). The highest BCUT2D eigenvalue weighted by Gasteiger charge is 2.79. The molecule has 127 valence electrons. The molecular formula is C18H25O5. The predicted octanol–water partition coefficient (Wildman–Crippen LogP) is 2.51. The van der Waals surface area contributed by atoms with E-state index in [0.717, 1.165) is 51.4 Å². The molecule has 4 heterocycles. The lowest BCUT2D eigenvalue weighted by atomic mass is 9.55. The normalized spacial score (nSPS) is 52.4. The van der Waals surface area contributed by atoms with Crippen molar-refractivity contribution in [3.8, 4) is 0 Å². The van der Waals surface area contributed by atoms with Gasteiger partial charge in [-0.2, -0.15) is 0 Å². The number of hydrogen-bond acceptors (Lipinski definition) is 4. The van der Waals surface area contributed by atoms with E-state index in [2.05, 4.69) is 0 Å². The molecular weight excluding hydrogens is 296 g/mol. The Kier molecular flexibility index (Phi) is 3.02. The molecule has 1 aliphatic carbocycles. The first-order chi connectivity index (χ1) is 11.2. The summed E-state index contributed by atoms with van der Waals surface area (Å²) in [6.07, 6.45) is 8.97. The molecule has 5 heteroatoms. The molecule has 0 aromatic rings. The fourth-order valence-electron chi connectivity index (χ4n) is 6.13. The molecule has 0 aromatic carbocycles. The van der Waals surface area contributed by atoms with Crippen molar-refractivity contribution in [2.75, 3.05) is 26.4 Å². The van der Waals surface area contributed by atoms with Crippen molar-refractivity contribution >= 4 is 0 Å². The molecule has 0 aromatic heterocycles. The van der Waals surface area contributed by atoms with Crippen molar-refractivity contribution in [3.05, 3.63) is 11.8 Å². The Morgan fingerprint density at radius 1 is 0.696 bits per heavy atom. The number of fused-ring (bicyclic) bond motifs is 3. The van der Waals surface area contributed by atoms with E-state index in [4.69, 9.17) is 18.9 Å². The van der Waals surface area contributed by atoms with E-state index in [-0.39, 0.29) is 5.76 Å². The van der Waals surface area contributed by atoms with E-state index >= 15 is 0 Å². The molecule has 0 bridgehead atoms. The van der Waals surface area contributed by atoms with Crippen molar-refractivity contribution in [3.63, 3.8) is 0 Å². The molecule has 0 saturated carbocycles. The van der Waals surface area contributed by atoms with Crippen molar-refractivity contribution < 1.29 is 24.1 Å². The molecule has 4 spiro atoms. The van der Waals surface area contributed by atoms with E-state index in [1.807, 2.05) is 6.08 Å². The molecule has 1 radical (unpaired) electrons. The highest BCUT2D eigenvalue weighted by molar-refractivity contribution is 5.41. The van der Waals surface area contributed by atoms with Gasteiger partial charge in [-0.25, -0.2) is 0 Å². The lowest BCUT2D eigenvalue weighted by Crippen LogP contribution is -2.77. The van der Waals surface area contributed by atoms with Gasteiger partial charge in [0, 0.05) is 26.4 Å². The van der Waals surface area contributed by atoms with Crippen LogP contribution < -0.4 is 0 Å². The summed E-state index contributed by atoms with van der Waals surface area (Å²) < 4.78 is 25.3. The van der Waals surface area contributed by atoms with Crippen LogP contribution in [0.2, 0.25) is 0 Å². The standard InChI is InChI=1S/C18H25O5/c19-14-13-15(5-1-9-20-15)17(7-3-11-22-17)18(8-4-12-23-18)16(14)6-2-10-21-16/h13H,1-12H2/t15-,16-,17+,18-/m1/s1. The number of rotatable bonds is 0. The molecule has 0 amide bonds. The first kappa shape index (κ1) is 14.7. The summed E-state index contributed by atoms with van der Waals surface area (Å²) in [7, 11) is 0. The average molecular weight is 321 g/mol. The second kappa shape index (κ2) is 4.72. The third kappa shape index (κ3) is 1.49. The Morgan fingerprint density at radius 3 is 1.87 bits per heavy atom. The summed E-state index contributed by atoms with van der Waals surface area (Å²) in [5.41, 5.74) is -2.72. The molecule has 0 N–H and O–H groups in total. The van der Waals surface area contributed by atoms with E-state index in [1.165, 1.54) is 0 Å². The van der Waals surface area contributed by atoms with E-state index in [9.17, 15) is 5.11 Å². The maximum Gasteiger partial charge on any atom is 0.189 e. The van der Waals surface area contributed by atoms with Crippen molar-refractivity contribution in [2.45, 2.75) is 73.8 Å². The topological polar surface area (TPSA) is 56.8 Å². The summed E-state index contributed by atoms with van der Waals surface area (Å²) in [6.45, 7) is 2.72. The van der Waals surface area contributed by atoms with Crippen molar-refractivity contribution in [1.82, 2.24) is 0 Å². The largest absolute Gasteiger partial charge is 0.368 e. The third-order valence-electron chi connectivity index (χ3n) is 6.87. The van der Waals surface area contributed by atoms with Gasteiger partial charge in [-0.1, -0.05) is 0 Å². The summed E-state index contributed by atoms with van der Waals surface area (Å²) >= 11 is 0. The Balaban J connectivity index is 1.77. The van der Waals surface area contributed by atoms with E-state index in [1.54, 1.807) is 0 Å². The monoisotopic (exact) mass is 321 g/mol. The van der Waals surface area contributed by atoms with Gasteiger partial charge in [0.1, 0.15) is 16.8 Å². The summed E-state index contributed by atoms with van der Waals surface area (Å²) in [6, 6.07) is 0. The van der Waals surface area contributed by atoms with Crippen LogP contribution in [0.25, 0.3) is 0 Å². The zero-order valence-corrected chi connectivity index (χ0v) is 13.6. The zero-order valence-electron chi connectivity index (χ0n) is 13.6. The predicted molar refractivity (Wildman–Crippen MR) is 80.4 cm³/mol. The molecule has 5 aliphatic rings. The van der Waals surface area contributed by atoms with Crippen LogP contribution in [-0.2, 0) is 24.1 Å². The molecule has 0 unspecified atom stereocenters. The number of hydrogen-bond donors (Lipinski definition) is 0. The van der Waals surface area contributed by atoms with Gasteiger partial charge in [0.05, 0.1) is 0 Å². The molecule has 4 atom stereocenters. The van der Waals surface area contributed by atoms with Crippen LogP contribution in [0.3, 0.4) is 0 Å². The van der Waals surface area contributed by atoms with Gasteiger partial charge in [-0.15, -0.1) is 0 Å². The highest BCUT2D eigenvalue weighted by atomic mass is 16.6. The van der Waals surface area contributed by atoms with Crippen LogP contribution in [-0.4, -0.2) is 48.8 Å². The first-order valence-corrected chi connectivity index (χ1v) is 9.17. The van der Waals surface area contributed by atoms with E-state index in [0.29, 0.717) is 26.4 Å². The Hall–Kier alpha value is -0.620. The van der Waals surface area contributed by atoms with Gasteiger partial charge in [0.2, 0.25) is 0 Å². The Bertz CT molecular complexity index is 516. The van der Waals surface area contributed by atoms with Gasteiger partial charge in [0.25, 0.3) is 0 Å². The SMILES string of the molecule is [O]C1=C[C@]2(CCCO2)[C@@]2(CCCO2)[C@@]2(CCCO2)[C@@]12CCCO2. The van der Waals surface area contributed by atoms with Crippen LogP contribution in [0.5, 0.6) is 0 Å². The molecule has 23 heavy (non-hydrogen) atoms. The van der Waals surface area contributed by atoms with Crippen LogP contribution in [0.15, 0.2) is 11.8 Å². The summed E-state index contributed by atoms with van der Waals surface area (Å²) in [5.74, 6) is 0.0694. The zero-order chi connectivity index (χ0) is 15.6. The fraction of sp³-hybridized carbons (Fsp3) is 0.889. The molecule has 4 aliphatic heterocycles. The van der Waals surface area contributed by atoms with Gasteiger partial charge >= 0.3 is 0 Å². The van der Waals surface area contributed by atoms with Crippen LogP contribution >= 0.6 is 0 Å². The van der Waals surface area contributed by atoms with Crippen LogP contribution in [0.1, 0.15) is 51.4 Å². The molecule has 4 fully saturated rings. The molecule has 4 saturated heterocycles. The minimum atomic E-state index is -0.856. The van der Waals surface area contributed by atoms with Crippen LogP contribution in [0.4, 0.5) is 0 Å². The highest BCUT2D eigenvalue weighted by Crippen LogP contribution is 2.65. The van der Waals surface area contributed by atoms with Crippen LogP contribution in [0, 0.1) is 0 Å². The fourth-order valence-corrected chi connectivity index (χ4v) is 6.13. The smallest absolute Gasteiger partial charge is 0.189 e. The third-order valence-corrected chi connectivity index (χ3v) is 6.87. The van der Waals surface area contributed by atoms with Gasteiger partial charge < -0.3 is 18.9 Å². The Labute approximate surface area is 136 Å². The van der Waals surface area contributed by atoms with Crippen molar-refractivity contribution in [2.24, 2.45) is 0 Å². The number of ether oxygens (including phenoxy) is 4. The second-order valence-electron chi connectivity index (χ2n) is 7.69.